The minimum absolute atomic E-state index is 0.138. The lowest BCUT2D eigenvalue weighted by molar-refractivity contribution is -0.130. The van der Waals surface area contributed by atoms with Crippen molar-refractivity contribution in [3.05, 3.63) is 23.8 Å². The molecule has 4 rings (SSSR count). The van der Waals surface area contributed by atoms with Crippen LogP contribution >= 0.6 is 0 Å². The number of β-amino-alcohol motifs (C(OH)–C–C–N with tert-alkyl or cyclic N) is 1. The lowest BCUT2D eigenvalue weighted by atomic mass is 9.99. The van der Waals surface area contributed by atoms with Crippen molar-refractivity contribution in [1.82, 2.24) is 19.6 Å². The average molecular weight is 489 g/mol. The molecule has 0 aromatic heterocycles. The molecule has 3 aliphatic rings. The van der Waals surface area contributed by atoms with Crippen LogP contribution in [0.3, 0.4) is 0 Å². The molecule has 8 heteroatoms. The van der Waals surface area contributed by atoms with Crippen LogP contribution < -0.4 is 9.47 Å². The molecule has 1 aromatic carbocycles. The number of nitrogens with zero attached hydrogens (tertiary/aromatic N) is 4. The van der Waals surface area contributed by atoms with Crippen molar-refractivity contribution < 1.29 is 19.4 Å². The van der Waals surface area contributed by atoms with E-state index >= 15 is 0 Å². The van der Waals surface area contributed by atoms with Crippen molar-refractivity contribution in [2.45, 2.75) is 45.3 Å². The zero-order valence-electron chi connectivity index (χ0n) is 21.9. The second-order valence-electron chi connectivity index (χ2n) is 10.8. The van der Waals surface area contributed by atoms with Crippen LogP contribution in [-0.4, -0.2) is 115 Å². The van der Waals surface area contributed by atoms with E-state index in [2.05, 4.69) is 33.8 Å². The van der Waals surface area contributed by atoms with Gasteiger partial charge < -0.3 is 19.5 Å². The topological polar surface area (TPSA) is 68.7 Å². The standard InChI is InChI=1S/C27H44N4O4/c1-22-6-9-28(10-7-22)16-17-35-25-5-4-24(18-26(25)34-3)19-30-11-8-27(33,21-30)20-29-12-14-31(15-13-29)23(2)32/h4-5,18,22,33H,6-17,19-21H2,1-3H3. The van der Waals surface area contributed by atoms with Crippen LogP contribution in [0, 0.1) is 5.92 Å². The Labute approximate surface area is 210 Å². The summed E-state index contributed by atoms with van der Waals surface area (Å²) in [5, 5.41) is 11.2. The second kappa shape index (κ2) is 11.9. The molecule has 3 heterocycles. The number of likely N-dealkylation sites (tertiary alicyclic amines) is 2. The van der Waals surface area contributed by atoms with Gasteiger partial charge in [-0.1, -0.05) is 13.0 Å². The molecule has 3 fully saturated rings. The Hall–Kier alpha value is -1.87. The first-order chi connectivity index (χ1) is 16.8. The number of benzene rings is 1. The molecule has 1 N–H and O–H groups in total. The Bertz CT molecular complexity index is 836. The maximum Gasteiger partial charge on any atom is 0.219 e. The van der Waals surface area contributed by atoms with Gasteiger partial charge in [-0.15, -0.1) is 0 Å². The van der Waals surface area contributed by atoms with Crippen molar-refractivity contribution in [3.8, 4) is 11.5 Å². The van der Waals surface area contributed by atoms with Gasteiger partial charge in [-0.3, -0.25) is 19.5 Å². The fraction of sp³-hybridized carbons (Fsp3) is 0.741. The molecule has 0 aliphatic carbocycles. The van der Waals surface area contributed by atoms with Crippen LogP contribution in [0.4, 0.5) is 0 Å². The number of methoxy groups -OCH3 is 1. The molecule has 3 aliphatic heterocycles. The monoisotopic (exact) mass is 488 g/mol. The summed E-state index contributed by atoms with van der Waals surface area (Å²) in [6.45, 7) is 14.1. The van der Waals surface area contributed by atoms with Crippen LogP contribution in [0.15, 0.2) is 18.2 Å². The van der Waals surface area contributed by atoms with E-state index in [0.29, 0.717) is 19.7 Å². The Kier molecular flexibility index (Phi) is 8.92. The molecule has 0 spiro atoms. The van der Waals surface area contributed by atoms with Crippen molar-refractivity contribution >= 4 is 5.91 Å². The van der Waals surface area contributed by atoms with Crippen molar-refractivity contribution in [2.24, 2.45) is 5.92 Å². The number of carbonyl (C=O) groups is 1. The van der Waals surface area contributed by atoms with Crippen molar-refractivity contribution in [1.29, 1.82) is 0 Å². The molecule has 1 unspecified atom stereocenters. The first kappa shape index (κ1) is 26.2. The van der Waals surface area contributed by atoms with Gasteiger partial charge in [0.15, 0.2) is 11.5 Å². The maximum atomic E-state index is 11.6. The highest BCUT2D eigenvalue weighted by Crippen LogP contribution is 2.30. The summed E-state index contributed by atoms with van der Waals surface area (Å²) in [5.41, 5.74) is 0.469. The van der Waals surface area contributed by atoms with E-state index in [1.165, 1.54) is 18.4 Å². The van der Waals surface area contributed by atoms with Gasteiger partial charge >= 0.3 is 0 Å². The fourth-order valence-electron chi connectivity index (χ4n) is 5.60. The fourth-order valence-corrected chi connectivity index (χ4v) is 5.60. The third-order valence-electron chi connectivity index (χ3n) is 7.92. The molecular formula is C27H44N4O4. The van der Waals surface area contributed by atoms with Gasteiger partial charge in [0.05, 0.1) is 12.7 Å². The van der Waals surface area contributed by atoms with Gasteiger partial charge in [-0.25, -0.2) is 0 Å². The molecule has 1 aromatic rings. The maximum absolute atomic E-state index is 11.6. The van der Waals surface area contributed by atoms with Crippen LogP contribution in [0.1, 0.15) is 38.7 Å². The summed E-state index contributed by atoms with van der Waals surface area (Å²) in [6, 6.07) is 6.19. The highest BCUT2D eigenvalue weighted by atomic mass is 16.5. The molecule has 1 atom stereocenters. The number of piperazine rings is 1. The molecule has 0 radical (unpaired) electrons. The average Bonchev–Trinajstić information content (AvgIpc) is 3.21. The van der Waals surface area contributed by atoms with Gasteiger partial charge in [0, 0.05) is 65.8 Å². The smallest absolute Gasteiger partial charge is 0.219 e. The molecule has 1 amide bonds. The number of aliphatic hydroxyl groups is 1. The predicted molar refractivity (Wildman–Crippen MR) is 137 cm³/mol. The normalized spacial score (nSPS) is 25.2. The largest absolute Gasteiger partial charge is 0.493 e. The first-order valence-electron chi connectivity index (χ1n) is 13.3. The van der Waals surface area contributed by atoms with Crippen molar-refractivity contribution in [3.63, 3.8) is 0 Å². The number of hydrogen-bond acceptors (Lipinski definition) is 7. The SMILES string of the molecule is COc1cc(CN2CCC(O)(CN3CCN(C(C)=O)CC3)C2)ccc1OCCN1CCC(C)CC1. The third-order valence-corrected chi connectivity index (χ3v) is 7.92. The summed E-state index contributed by atoms with van der Waals surface area (Å²) >= 11 is 0. The minimum Gasteiger partial charge on any atom is -0.493 e. The summed E-state index contributed by atoms with van der Waals surface area (Å²) in [5.74, 6) is 2.55. The molecule has 0 saturated carbocycles. The zero-order valence-corrected chi connectivity index (χ0v) is 21.9. The molecule has 8 nitrogen and oxygen atoms in total. The number of amides is 1. The minimum atomic E-state index is -0.697. The van der Waals surface area contributed by atoms with E-state index in [1.54, 1.807) is 14.0 Å². The highest BCUT2D eigenvalue weighted by molar-refractivity contribution is 5.73. The van der Waals surface area contributed by atoms with E-state index in [-0.39, 0.29) is 5.91 Å². The van der Waals surface area contributed by atoms with Gasteiger partial charge in [-0.05, 0) is 56.0 Å². The van der Waals surface area contributed by atoms with E-state index < -0.39 is 5.60 Å². The van der Waals surface area contributed by atoms with Crippen LogP contribution in [0.2, 0.25) is 0 Å². The highest BCUT2D eigenvalue weighted by Gasteiger charge is 2.38. The second-order valence-corrected chi connectivity index (χ2v) is 10.8. The Balaban J connectivity index is 1.23. The van der Waals surface area contributed by atoms with Crippen molar-refractivity contribution in [2.75, 3.05) is 79.2 Å². The number of piperidine rings is 1. The molecule has 3 saturated heterocycles. The molecule has 0 bridgehead atoms. The zero-order chi connectivity index (χ0) is 24.8. The Morgan fingerprint density at radius 1 is 1.03 bits per heavy atom. The number of hydrogen-bond donors (Lipinski definition) is 1. The molecule has 35 heavy (non-hydrogen) atoms. The lowest BCUT2D eigenvalue weighted by Crippen LogP contribution is -2.53. The van der Waals surface area contributed by atoms with Gasteiger partial charge in [0.2, 0.25) is 5.91 Å². The van der Waals surface area contributed by atoms with E-state index in [4.69, 9.17) is 9.47 Å². The quantitative estimate of drug-likeness (QED) is 0.570. The van der Waals surface area contributed by atoms with Gasteiger partial charge in [-0.2, -0.15) is 0 Å². The van der Waals surface area contributed by atoms with E-state index in [1.807, 2.05) is 11.0 Å². The lowest BCUT2D eigenvalue weighted by Gasteiger charge is -2.38. The summed E-state index contributed by atoms with van der Waals surface area (Å²) in [7, 11) is 1.69. The molecule has 196 valence electrons. The van der Waals surface area contributed by atoms with E-state index in [9.17, 15) is 9.90 Å². The Morgan fingerprint density at radius 3 is 2.46 bits per heavy atom. The summed E-state index contributed by atoms with van der Waals surface area (Å²) < 4.78 is 11.7. The predicted octanol–water partition coefficient (Wildman–Crippen LogP) is 1.91. The van der Waals surface area contributed by atoms with Crippen LogP contribution in [0.25, 0.3) is 0 Å². The Morgan fingerprint density at radius 2 is 1.77 bits per heavy atom. The third kappa shape index (κ3) is 7.32. The summed E-state index contributed by atoms with van der Waals surface area (Å²) in [4.78, 5) is 20.5. The number of carbonyl (C=O) groups excluding carboxylic acids is 1. The first-order valence-corrected chi connectivity index (χ1v) is 13.3. The van der Waals surface area contributed by atoms with Crippen LogP contribution in [0.5, 0.6) is 11.5 Å². The summed E-state index contributed by atoms with van der Waals surface area (Å²) in [6.07, 6.45) is 3.33. The van der Waals surface area contributed by atoms with Gasteiger partial charge in [0.25, 0.3) is 0 Å². The number of ether oxygens (including phenoxy) is 2. The molecular weight excluding hydrogens is 444 g/mol. The van der Waals surface area contributed by atoms with E-state index in [0.717, 1.165) is 82.7 Å². The van der Waals surface area contributed by atoms with Crippen LogP contribution in [-0.2, 0) is 11.3 Å². The number of rotatable bonds is 9. The van der Waals surface area contributed by atoms with Gasteiger partial charge in [0.1, 0.15) is 6.61 Å².